The molecule has 0 saturated heterocycles. The fraction of sp³-hybridized carbons (Fsp3) is 0.350. The maximum absolute atomic E-state index is 13.3. The Balaban J connectivity index is 2.03. The van der Waals surface area contributed by atoms with Gasteiger partial charge in [0.15, 0.2) is 17.3 Å². The smallest absolute Gasteiger partial charge is 0.434 e. The SMILES string of the molecule is [B]C([B])([B])n1cc(C(F)(F)F)nc1-c1ccc(CNc2nc(Cl)ncc2OC)c(OC(C)CO)c1. The maximum Gasteiger partial charge on any atom is 0.434 e. The number of aromatic nitrogens is 4. The van der Waals surface area contributed by atoms with E-state index in [1.807, 2.05) is 0 Å². The van der Waals surface area contributed by atoms with Crippen molar-refractivity contribution in [2.75, 3.05) is 19.0 Å². The van der Waals surface area contributed by atoms with Crippen LogP contribution in [-0.2, 0) is 18.0 Å². The predicted molar refractivity (Wildman–Crippen MR) is 126 cm³/mol. The van der Waals surface area contributed by atoms with E-state index in [0.29, 0.717) is 23.3 Å². The lowest BCUT2D eigenvalue weighted by Crippen LogP contribution is -2.35. The quantitative estimate of drug-likeness (QED) is 0.344. The number of nitrogens with zero attached hydrogens (tertiary/aromatic N) is 4. The average molecular weight is 501 g/mol. The molecule has 2 heterocycles. The highest BCUT2D eigenvalue weighted by molar-refractivity contribution is 6.56. The highest BCUT2D eigenvalue weighted by atomic mass is 35.5. The Morgan fingerprint density at radius 1 is 1.20 bits per heavy atom. The van der Waals surface area contributed by atoms with Crippen molar-refractivity contribution in [2.24, 2.45) is 0 Å². The molecule has 0 saturated carbocycles. The molecule has 0 amide bonds. The van der Waals surface area contributed by atoms with Gasteiger partial charge in [0, 0.05) is 23.9 Å². The number of alkyl halides is 3. The lowest BCUT2D eigenvalue weighted by molar-refractivity contribution is -0.140. The monoisotopic (exact) mass is 501 g/mol. The van der Waals surface area contributed by atoms with Crippen LogP contribution in [-0.4, -0.2) is 68.0 Å². The number of aliphatic hydroxyl groups excluding tert-OH is 1. The number of methoxy groups -OCH3 is 1. The summed E-state index contributed by atoms with van der Waals surface area (Å²) in [4.78, 5) is 11.6. The molecule has 8 nitrogen and oxygen atoms in total. The van der Waals surface area contributed by atoms with E-state index in [-0.39, 0.29) is 35.6 Å². The zero-order valence-corrected chi connectivity index (χ0v) is 19.4. The number of rotatable bonds is 9. The number of halogens is 4. The predicted octanol–water partition coefficient (Wildman–Crippen LogP) is 2.47. The van der Waals surface area contributed by atoms with Crippen LogP contribution in [0.2, 0.25) is 5.28 Å². The van der Waals surface area contributed by atoms with Gasteiger partial charge in [-0.25, -0.2) is 9.97 Å². The summed E-state index contributed by atoms with van der Waals surface area (Å²) in [6.07, 6.45) is -3.36. The third-order valence-electron chi connectivity index (χ3n) is 4.72. The minimum absolute atomic E-state index is 0.00448. The van der Waals surface area contributed by atoms with Crippen LogP contribution >= 0.6 is 11.6 Å². The Labute approximate surface area is 208 Å². The summed E-state index contributed by atoms with van der Waals surface area (Å²) < 4.78 is 51.7. The third kappa shape index (κ3) is 6.43. The standard InChI is InChI=1S/C20H18B3ClF3N5O3/c1-10(9-33)35-13-5-11(17-30-15(19(25,26)27)8-32(17)20(21,22)23)3-4-12(13)6-28-16-14(34-2)7-29-18(24)31-16/h3-5,7-8,10,33H,6,9H2,1-2H3,(H,28,29,31). The van der Waals surface area contributed by atoms with Gasteiger partial charge in [-0.05, 0) is 24.6 Å². The second kappa shape index (κ2) is 10.4. The van der Waals surface area contributed by atoms with E-state index in [4.69, 9.17) is 44.6 Å². The van der Waals surface area contributed by atoms with Crippen LogP contribution in [0, 0.1) is 0 Å². The number of hydrogen-bond acceptors (Lipinski definition) is 7. The molecule has 0 spiro atoms. The lowest BCUT2D eigenvalue weighted by atomic mass is 9.49. The van der Waals surface area contributed by atoms with Crippen molar-refractivity contribution in [1.29, 1.82) is 0 Å². The van der Waals surface area contributed by atoms with Gasteiger partial charge in [0.1, 0.15) is 17.7 Å². The third-order valence-corrected chi connectivity index (χ3v) is 4.90. The van der Waals surface area contributed by atoms with Crippen molar-refractivity contribution in [3.8, 4) is 22.9 Å². The fourth-order valence-corrected chi connectivity index (χ4v) is 3.16. The maximum atomic E-state index is 13.3. The molecule has 0 fully saturated rings. The molecule has 2 aromatic heterocycles. The number of benzene rings is 1. The van der Waals surface area contributed by atoms with Crippen LogP contribution < -0.4 is 14.8 Å². The zero-order chi connectivity index (χ0) is 26.0. The summed E-state index contributed by atoms with van der Waals surface area (Å²) in [6, 6.07) is 4.54. The second-order valence-electron chi connectivity index (χ2n) is 7.55. The van der Waals surface area contributed by atoms with Gasteiger partial charge >= 0.3 is 6.18 Å². The first-order valence-corrected chi connectivity index (χ1v) is 10.5. The molecule has 3 rings (SSSR count). The number of aliphatic hydroxyl groups is 1. The second-order valence-corrected chi connectivity index (χ2v) is 7.89. The van der Waals surface area contributed by atoms with Crippen molar-refractivity contribution >= 4 is 41.0 Å². The summed E-state index contributed by atoms with van der Waals surface area (Å²) >= 11 is 5.86. The van der Waals surface area contributed by atoms with E-state index in [9.17, 15) is 18.3 Å². The molecule has 178 valence electrons. The van der Waals surface area contributed by atoms with Crippen molar-refractivity contribution < 1.29 is 27.8 Å². The molecule has 1 aromatic carbocycles. The number of anilines is 1. The van der Waals surface area contributed by atoms with Crippen LogP contribution in [0.1, 0.15) is 18.2 Å². The summed E-state index contributed by atoms with van der Waals surface area (Å²) in [7, 11) is 18.5. The van der Waals surface area contributed by atoms with Crippen LogP contribution in [0.15, 0.2) is 30.6 Å². The molecule has 1 unspecified atom stereocenters. The van der Waals surface area contributed by atoms with E-state index in [1.54, 1.807) is 13.0 Å². The minimum Gasteiger partial charge on any atom is -0.491 e. The van der Waals surface area contributed by atoms with Gasteiger partial charge in [-0.2, -0.15) is 18.2 Å². The summed E-state index contributed by atoms with van der Waals surface area (Å²) in [5.74, 6) is 0.664. The highest BCUT2D eigenvalue weighted by Gasteiger charge is 2.36. The molecule has 0 aliphatic heterocycles. The molecule has 0 aliphatic rings. The van der Waals surface area contributed by atoms with Crippen molar-refractivity contribution in [2.45, 2.75) is 31.0 Å². The van der Waals surface area contributed by atoms with Crippen LogP contribution in [0.25, 0.3) is 11.4 Å². The minimum atomic E-state index is -4.75. The first-order valence-electron chi connectivity index (χ1n) is 10.1. The van der Waals surface area contributed by atoms with Gasteiger partial charge in [-0.15, -0.1) is 0 Å². The number of hydrogen-bond donors (Lipinski definition) is 2. The Bertz CT molecular complexity index is 1190. The van der Waals surface area contributed by atoms with Crippen molar-refractivity contribution in [3.63, 3.8) is 0 Å². The van der Waals surface area contributed by atoms with Gasteiger partial charge in [0.05, 0.1) is 43.5 Å². The lowest BCUT2D eigenvalue weighted by Gasteiger charge is -2.25. The van der Waals surface area contributed by atoms with E-state index in [1.165, 1.54) is 25.4 Å². The van der Waals surface area contributed by atoms with Crippen LogP contribution in [0.4, 0.5) is 19.0 Å². The number of nitrogens with one attached hydrogen (secondary N) is 1. The normalized spacial score (nSPS) is 12.9. The molecular formula is C20H18B3ClF3N5O3. The zero-order valence-electron chi connectivity index (χ0n) is 18.7. The van der Waals surface area contributed by atoms with Gasteiger partial charge in [0.2, 0.25) is 5.28 Å². The first-order chi connectivity index (χ1) is 16.3. The van der Waals surface area contributed by atoms with E-state index in [0.717, 1.165) is 4.57 Å². The summed E-state index contributed by atoms with van der Waals surface area (Å²) in [5, 5.41) is 10.3. The molecule has 3 aromatic rings. The topological polar surface area (TPSA) is 94.3 Å². The number of ether oxygens (including phenoxy) is 2. The molecule has 1 atom stereocenters. The van der Waals surface area contributed by atoms with Gasteiger partial charge in [-0.1, -0.05) is 17.4 Å². The molecule has 2 N–H and O–H groups in total. The van der Waals surface area contributed by atoms with E-state index in [2.05, 4.69) is 20.3 Å². The van der Waals surface area contributed by atoms with Crippen molar-refractivity contribution in [3.05, 3.63) is 47.1 Å². The van der Waals surface area contributed by atoms with Crippen molar-refractivity contribution in [1.82, 2.24) is 19.5 Å². The van der Waals surface area contributed by atoms with Gasteiger partial charge < -0.3 is 24.5 Å². The first kappa shape index (κ1) is 26.7. The van der Waals surface area contributed by atoms with E-state index < -0.39 is 23.2 Å². The fourth-order valence-electron chi connectivity index (χ4n) is 3.02. The Kier molecular flexibility index (Phi) is 7.95. The summed E-state index contributed by atoms with van der Waals surface area (Å²) in [5.41, 5.74) is -0.458. The van der Waals surface area contributed by atoms with Gasteiger partial charge in [0.25, 0.3) is 0 Å². The molecule has 6 radical (unpaired) electrons. The van der Waals surface area contributed by atoms with E-state index >= 15 is 0 Å². The Hall–Kier alpha value is -2.86. The molecule has 0 aliphatic carbocycles. The Morgan fingerprint density at radius 3 is 2.51 bits per heavy atom. The average Bonchev–Trinajstić information content (AvgIpc) is 3.25. The summed E-state index contributed by atoms with van der Waals surface area (Å²) in [6.45, 7) is 1.45. The molecule has 35 heavy (non-hydrogen) atoms. The molecule has 0 bridgehead atoms. The highest BCUT2D eigenvalue weighted by Crippen LogP contribution is 2.35. The van der Waals surface area contributed by atoms with Crippen LogP contribution in [0.5, 0.6) is 11.5 Å². The molecular weight excluding hydrogens is 483 g/mol. The van der Waals surface area contributed by atoms with Gasteiger partial charge in [-0.3, -0.25) is 0 Å². The Morgan fingerprint density at radius 2 is 1.91 bits per heavy atom. The van der Waals surface area contributed by atoms with Crippen LogP contribution in [0.3, 0.4) is 0 Å². The largest absolute Gasteiger partial charge is 0.491 e. The molecule has 15 heteroatoms. The number of imidazole rings is 1.